The van der Waals surface area contributed by atoms with Crippen LogP contribution in [0.2, 0.25) is 0 Å². The third-order valence-electron chi connectivity index (χ3n) is 2.96. The first kappa shape index (κ1) is 12.9. The summed E-state index contributed by atoms with van der Waals surface area (Å²) < 4.78 is 5.10. The predicted molar refractivity (Wildman–Crippen MR) is 78.5 cm³/mol. The monoisotopic (exact) mass is 280 g/mol. The Morgan fingerprint density at radius 3 is 2.52 bits per heavy atom. The molecule has 6 heteroatoms. The molecule has 0 aliphatic carbocycles. The van der Waals surface area contributed by atoms with Crippen molar-refractivity contribution in [3.05, 3.63) is 60.5 Å². The van der Waals surface area contributed by atoms with E-state index in [2.05, 4.69) is 15.5 Å². The lowest BCUT2D eigenvalue weighted by molar-refractivity contribution is 0.102. The Bertz CT molecular complexity index is 752. The van der Waals surface area contributed by atoms with E-state index in [4.69, 9.17) is 10.2 Å². The van der Waals surface area contributed by atoms with Crippen LogP contribution in [0.25, 0.3) is 11.5 Å². The van der Waals surface area contributed by atoms with Crippen molar-refractivity contribution < 1.29 is 9.21 Å². The van der Waals surface area contributed by atoms with Crippen LogP contribution in [-0.4, -0.2) is 16.1 Å². The summed E-state index contributed by atoms with van der Waals surface area (Å²) in [5.74, 6) is 0.179. The second-order valence-corrected chi connectivity index (χ2v) is 4.36. The molecule has 0 saturated heterocycles. The van der Waals surface area contributed by atoms with E-state index in [-0.39, 0.29) is 5.91 Å². The molecular formula is C15H12N4O2. The van der Waals surface area contributed by atoms with E-state index in [0.717, 1.165) is 5.56 Å². The highest BCUT2D eigenvalue weighted by atomic mass is 16.4. The molecule has 3 N–H and O–H groups in total. The van der Waals surface area contributed by atoms with Gasteiger partial charge in [-0.25, -0.2) is 0 Å². The van der Waals surface area contributed by atoms with E-state index < -0.39 is 0 Å². The third-order valence-corrected chi connectivity index (χ3v) is 2.96. The molecule has 0 unspecified atom stereocenters. The number of benzene rings is 2. The molecule has 1 aromatic heterocycles. The van der Waals surface area contributed by atoms with Gasteiger partial charge in [-0.05, 0) is 36.4 Å². The van der Waals surface area contributed by atoms with Gasteiger partial charge in [0.25, 0.3) is 5.91 Å². The predicted octanol–water partition coefficient (Wildman–Crippen LogP) is 2.57. The first-order valence-electron chi connectivity index (χ1n) is 6.26. The molecule has 3 rings (SSSR count). The van der Waals surface area contributed by atoms with Crippen LogP contribution >= 0.6 is 0 Å². The van der Waals surface area contributed by atoms with Crippen molar-refractivity contribution >= 4 is 17.3 Å². The fourth-order valence-electron chi connectivity index (χ4n) is 1.90. The summed E-state index contributed by atoms with van der Waals surface area (Å²) in [5.41, 5.74) is 8.10. The summed E-state index contributed by atoms with van der Waals surface area (Å²) in [7, 11) is 0. The summed E-state index contributed by atoms with van der Waals surface area (Å²) in [4.78, 5) is 12.1. The third kappa shape index (κ3) is 2.74. The number of nitrogen functional groups attached to an aromatic ring is 1. The number of hydrogen-bond donors (Lipinski definition) is 2. The number of hydrogen-bond acceptors (Lipinski definition) is 5. The number of rotatable bonds is 3. The zero-order chi connectivity index (χ0) is 14.7. The van der Waals surface area contributed by atoms with Gasteiger partial charge in [-0.1, -0.05) is 12.1 Å². The van der Waals surface area contributed by atoms with Crippen molar-refractivity contribution in [1.82, 2.24) is 10.2 Å². The van der Waals surface area contributed by atoms with Gasteiger partial charge in [0.2, 0.25) is 12.3 Å². The Labute approximate surface area is 120 Å². The maximum atomic E-state index is 12.1. The number of para-hydroxylation sites is 1. The van der Waals surface area contributed by atoms with Gasteiger partial charge in [0.1, 0.15) is 0 Å². The van der Waals surface area contributed by atoms with Gasteiger partial charge in [0.05, 0.1) is 5.56 Å². The average Bonchev–Trinajstić information content (AvgIpc) is 3.02. The lowest BCUT2D eigenvalue weighted by atomic mass is 10.1. The molecule has 3 aromatic rings. The number of nitrogens with two attached hydrogens (primary N) is 1. The summed E-state index contributed by atoms with van der Waals surface area (Å²) in [6, 6.07) is 14.0. The van der Waals surface area contributed by atoms with E-state index in [1.54, 1.807) is 48.5 Å². The minimum Gasteiger partial charge on any atom is -0.423 e. The van der Waals surface area contributed by atoms with Crippen LogP contribution in [0.5, 0.6) is 0 Å². The van der Waals surface area contributed by atoms with Gasteiger partial charge < -0.3 is 15.5 Å². The van der Waals surface area contributed by atoms with E-state index in [0.29, 0.717) is 22.8 Å². The largest absolute Gasteiger partial charge is 0.423 e. The molecule has 6 nitrogen and oxygen atoms in total. The smallest absolute Gasteiger partial charge is 0.257 e. The van der Waals surface area contributed by atoms with Gasteiger partial charge in [-0.15, -0.1) is 10.2 Å². The molecule has 0 saturated carbocycles. The lowest BCUT2D eigenvalue weighted by Gasteiger charge is -2.07. The molecule has 104 valence electrons. The van der Waals surface area contributed by atoms with Gasteiger partial charge in [0, 0.05) is 16.9 Å². The van der Waals surface area contributed by atoms with Crippen molar-refractivity contribution in [2.24, 2.45) is 0 Å². The van der Waals surface area contributed by atoms with Gasteiger partial charge >= 0.3 is 0 Å². The van der Waals surface area contributed by atoms with Crippen LogP contribution in [0.3, 0.4) is 0 Å². The van der Waals surface area contributed by atoms with E-state index >= 15 is 0 Å². The summed E-state index contributed by atoms with van der Waals surface area (Å²) >= 11 is 0. The molecule has 0 atom stereocenters. The van der Waals surface area contributed by atoms with Gasteiger partial charge in [0.15, 0.2) is 0 Å². The normalized spacial score (nSPS) is 10.3. The first-order chi connectivity index (χ1) is 10.2. The molecule has 0 aliphatic rings. The number of anilines is 2. The SMILES string of the molecule is Nc1ccccc1C(=O)Nc1ccc(-c2nnco2)cc1. The maximum absolute atomic E-state index is 12.1. The molecule has 21 heavy (non-hydrogen) atoms. The average molecular weight is 280 g/mol. The molecule has 0 bridgehead atoms. The Morgan fingerprint density at radius 2 is 1.86 bits per heavy atom. The van der Waals surface area contributed by atoms with Crippen molar-refractivity contribution in [3.8, 4) is 11.5 Å². The highest BCUT2D eigenvalue weighted by Gasteiger charge is 2.09. The number of carbonyl (C=O) groups is 1. The van der Waals surface area contributed by atoms with Crippen molar-refractivity contribution in [2.45, 2.75) is 0 Å². The number of aromatic nitrogens is 2. The molecule has 0 radical (unpaired) electrons. The van der Waals surface area contributed by atoms with E-state index in [1.165, 1.54) is 6.39 Å². The van der Waals surface area contributed by atoms with E-state index in [9.17, 15) is 4.79 Å². The number of amides is 1. The van der Waals surface area contributed by atoms with Crippen LogP contribution in [0.15, 0.2) is 59.3 Å². The fraction of sp³-hybridized carbons (Fsp3) is 0. The van der Waals surface area contributed by atoms with Crippen molar-refractivity contribution in [1.29, 1.82) is 0 Å². The van der Waals surface area contributed by atoms with Crippen LogP contribution in [-0.2, 0) is 0 Å². The Kier molecular flexibility index (Phi) is 3.34. The summed E-state index contributed by atoms with van der Waals surface area (Å²) in [6.45, 7) is 0. The summed E-state index contributed by atoms with van der Waals surface area (Å²) in [5, 5.41) is 10.2. The molecule has 1 heterocycles. The molecule has 0 aliphatic heterocycles. The zero-order valence-corrected chi connectivity index (χ0v) is 11.0. The Morgan fingerprint density at radius 1 is 1.10 bits per heavy atom. The molecular weight excluding hydrogens is 268 g/mol. The van der Waals surface area contributed by atoms with Crippen molar-refractivity contribution in [3.63, 3.8) is 0 Å². The molecule has 0 spiro atoms. The zero-order valence-electron chi connectivity index (χ0n) is 11.0. The molecule has 0 fully saturated rings. The second kappa shape index (κ2) is 5.46. The summed E-state index contributed by atoms with van der Waals surface area (Å²) in [6.07, 6.45) is 1.27. The minimum absolute atomic E-state index is 0.251. The molecule has 2 aromatic carbocycles. The van der Waals surface area contributed by atoms with Crippen LogP contribution in [0, 0.1) is 0 Å². The van der Waals surface area contributed by atoms with Gasteiger partial charge in [-0.2, -0.15) is 0 Å². The first-order valence-corrected chi connectivity index (χ1v) is 6.26. The number of nitrogens with zero attached hydrogens (tertiary/aromatic N) is 2. The number of carbonyl (C=O) groups excluding carboxylic acids is 1. The number of nitrogens with one attached hydrogen (secondary N) is 1. The standard InChI is InChI=1S/C15H12N4O2/c16-13-4-2-1-3-12(13)14(20)18-11-7-5-10(6-8-11)15-19-17-9-21-15/h1-9H,16H2,(H,18,20). The van der Waals surface area contributed by atoms with Crippen LogP contribution < -0.4 is 11.1 Å². The fourth-order valence-corrected chi connectivity index (χ4v) is 1.90. The van der Waals surface area contributed by atoms with Crippen LogP contribution in [0.4, 0.5) is 11.4 Å². The highest BCUT2D eigenvalue weighted by molar-refractivity contribution is 6.07. The Hall–Kier alpha value is -3.15. The highest BCUT2D eigenvalue weighted by Crippen LogP contribution is 2.20. The van der Waals surface area contributed by atoms with Crippen LogP contribution in [0.1, 0.15) is 10.4 Å². The minimum atomic E-state index is -0.251. The van der Waals surface area contributed by atoms with Gasteiger partial charge in [-0.3, -0.25) is 4.79 Å². The quantitative estimate of drug-likeness (QED) is 0.719. The maximum Gasteiger partial charge on any atom is 0.257 e. The Balaban J connectivity index is 1.77. The lowest BCUT2D eigenvalue weighted by Crippen LogP contribution is -2.13. The van der Waals surface area contributed by atoms with E-state index in [1.807, 2.05) is 0 Å². The topological polar surface area (TPSA) is 94.0 Å². The second-order valence-electron chi connectivity index (χ2n) is 4.36. The van der Waals surface area contributed by atoms with Crippen molar-refractivity contribution in [2.75, 3.05) is 11.1 Å². The molecule has 1 amide bonds.